The van der Waals surface area contributed by atoms with Gasteiger partial charge in [0.15, 0.2) is 5.78 Å². The van der Waals surface area contributed by atoms with Crippen molar-refractivity contribution < 1.29 is 9.53 Å². The standard InChI is InChI=1S/C17H27NO2/c1-13(18-11-6-12-20-5)16(19)14-7-9-15(10-8-14)17(2,3)4/h7-10,13,18H,6,11-12H2,1-5H3. The van der Waals surface area contributed by atoms with Crippen molar-refractivity contribution in [2.24, 2.45) is 0 Å². The predicted octanol–water partition coefficient (Wildman–Crippen LogP) is 3.18. The van der Waals surface area contributed by atoms with Crippen LogP contribution in [0.5, 0.6) is 0 Å². The second-order valence-electron chi connectivity index (χ2n) is 6.21. The second kappa shape index (κ2) is 7.55. The Labute approximate surface area is 122 Å². The minimum absolute atomic E-state index is 0.117. The first-order valence-electron chi connectivity index (χ1n) is 7.23. The van der Waals surface area contributed by atoms with E-state index in [-0.39, 0.29) is 17.2 Å². The maximum Gasteiger partial charge on any atom is 0.179 e. The van der Waals surface area contributed by atoms with Crippen LogP contribution >= 0.6 is 0 Å². The van der Waals surface area contributed by atoms with Crippen LogP contribution in [0.2, 0.25) is 0 Å². The third kappa shape index (κ3) is 5.06. The summed E-state index contributed by atoms with van der Waals surface area (Å²) in [6.45, 7) is 9.93. The molecule has 0 saturated heterocycles. The quantitative estimate of drug-likeness (QED) is 0.614. The van der Waals surface area contributed by atoms with Gasteiger partial charge in [0.25, 0.3) is 0 Å². The highest BCUT2D eigenvalue weighted by molar-refractivity contribution is 5.99. The van der Waals surface area contributed by atoms with Crippen LogP contribution in [-0.2, 0) is 10.2 Å². The minimum Gasteiger partial charge on any atom is -0.385 e. The Balaban J connectivity index is 2.59. The number of carbonyl (C=O) groups is 1. The van der Waals surface area contributed by atoms with Gasteiger partial charge >= 0.3 is 0 Å². The van der Waals surface area contributed by atoms with Gasteiger partial charge in [-0.3, -0.25) is 4.79 Å². The Morgan fingerprint density at radius 1 is 1.25 bits per heavy atom. The fourth-order valence-electron chi connectivity index (χ4n) is 2.01. The van der Waals surface area contributed by atoms with Crippen LogP contribution in [-0.4, -0.2) is 32.1 Å². The molecule has 0 aliphatic heterocycles. The summed E-state index contributed by atoms with van der Waals surface area (Å²) >= 11 is 0. The van der Waals surface area contributed by atoms with Gasteiger partial charge in [-0.1, -0.05) is 45.0 Å². The third-order valence-corrected chi connectivity index (χ3v) is 3.40. The number of Topliss-reactive ketones (excluding diaryl/α,β-unsaturated/α-hetero) is 1. The SMILES string of the molecule is COCCCNC(C)C(=O)c1ccc(C(C)(C)C)cc1. The molecule has 1 aromatic rings. The summed E-state index contributed by atoms with van der Waals surface area (Å²) in [5.74, 6) is 0.142. The lowest BCUT2D eigenvalue weighted by atomic mass is 9.86. The van der Waals surface area contributed by atoms with E-state index in [9.17, 15) is 4.79 Å². The van der Waals surface area contributed by atoms with E-state index in [0.29, 0.717) is 6.61 Å². The fraction of sp³-hybridized carbons (Fsp3) is 0.588. The largest absolute Gasteiger partial charge is 0.385 e. The molecule has 3 nitrogen and oxygen atoms in total. The average Bonchev–Trinajstić information content (AvgIpc) is 2.41. The molecule has 112 valence electrons. The summed E-state index contributed by atoms with van der Waals surface area (Å²) in [6, 6.07) is 7.79. The maximum absolute atomic E-state index is 12.3. The van der Waals surface area contributed by atoms with Crippen LogP contribution < -0.4 is 5.32 Å². The molecule has 1 unspecified atom stereocenters. The molecule has 1 aromatic carbocycles. The molecule has 1 atom stereocenters. The van der Waals surface area contributed by atoms with E-state index in [4.69, 9.17) is 4.74 Å². The number of hydrogen-bond donors (Lipinski definition) is 1. The fourth-order valence-corrected chi connectivity index (χ4v) is 2.01. The summed E-state index contributed by atoms with van der Waals surface area (Å²) in [7, 11) is 1.69. The van der Waals surface area contributed by atoms with Crippen LogP contribution in [0.3, 0.4) is 0 Å². The number of benzene rings is 1. The molecule has 0 aliphatic rings. The number of hydrogen-bond acceptors (Lipinski definition) is 3. The molecule has 0 aliphatic carbocycles. The topological polar surface area (TPSA) is 38.3 Å². The molecule has 1 N–H and O–H groups in total. The molecule has 0 fully saturated rings. The van der Waals surface area contributed by atoms with Crippen molar-refractivity contribution in [2.75, 3.05) is 20.3 Å². The van der Waals surface area contributed by atoms with E-state index < -0.39 is 0 Å². The van der Waals surface area contributed by atoms with Gasteiger partial charge < -0.3 is 10.1 Å². The summed E-state index contributed by atoms with van der Waals surface area (Å²) in [4.78, 5) is 12.3. The molecule has 3 heteroatoms. The maximum atomic E-state index is 12.3. The van der Waals surface area contributed by atoms with Crippen molar-refractivity contribution in [2.45, 2.75) is 45.6 Å². The number of ketones is 1. The lowest BCUT2D eigenvalue weighted by Gasteiger charge is -2.19. The Hall–Kier alpha value is -1.19. The van der Waals surface area contributed by atoms with E-state index in [1.165, 1.54) is 5.56 Å². The van der Waals surface area contributed by atoms with Gasteiger partial charge in [-0.15, -0.1) is 0 Å². The Morgan fingerprint density at radius 3 is 2.35 bits per heavy atom. The summed E-state index contributed by atoms with van der Waals surface area (Å²) in [5.41, 5.74) is 2.13. The molecule has 0 radical (unpaired) electrons. The van der Waals surface area contributed by atoms with E-state index in [1.807, 2.05) is 31.2 Å². The Kier molecular flexibility index (Phi) is 6.37. The van der Waals surface area contributed by atoms with E-state index in [1.54, 1.807) is 7.11 Å². The van der Waals surface area contributed by atoms with Gasteiger partial charge in [0, 0.05) is 19.3 Å². The van der Waals surface area contributed by atoms with Crippen LogP contribution in [0.15, 0.2) is 24.3 Å². The Bertz CT molecular complexity index is 418. The summed E-state index contributed by atoms with van der Waals surface area (Å²) in [5, 5.41) is 3.23. The van der Waals surface area contributed by atoms with Crippen LogP contribution in [0, 0.1) is 0 Å². The van der Waals surface area contributed by atoms with Gasteiger partial charge in [0.05, 0.1) is 6.04 Å². The summed E-state index contributed by atoms with van der Waals surface area (Å²) in [6.07, 6.45) is 0.914. The van der Waals surface area contributed by atoms with Crippen LogP contribution in [0.4, 0.5) is 0 Å². The monoisotopic (exact) mass is 277 g/mol. The highest BCUT2D eigenvalue weighted by Crippen LogP contribution is 2.22. The normalized spacial score (nSPS) is 13.2. The van der Waals surface area contributed by atoms with Gasteiger partial charge in [0.1, 0.15) is 0 Å². The third-order valence-electron chi connectivity index (χ3n) is 3.40. The van der Waals surface area contributed by atoms with Crippen LogP contribution in [0.25, 0.3) is 0 Å². The highest BCUT2D eigenvalue weighted by atomic mass is 16.5. The van der Waals surface area contributed by atoms with Crippen LogP contribution in [0.1, 0.15) is 50.0 Å². The molecule has 0 heterocycles. The van der Waals surface area contributed by atoms with Gasteiger partial charge in [0.2, 0.25) is 0 Å². The van der Waals surface area contributed by atoms with Gasteiger partial charge in [-0.05, 0) is 30.9 Å². The zero-order valence-electron chi connectivity index (χ0n) is 13.3. The van der Waals surface area contributed by atoms with Crippen molar-refractivity contribution in [1.82, 2.24) is 5.32 Å². The number of rotatable bonds is 7. The smallest absolute Gasteiger partial charge is 0.179 e. The number of ether oxygens (including phenoxy) is 1. The molecular formula is C17H27NO2. The molecule has 0 spiro atoms. The van der Waals surface area contributed by atoms with Crippen molar-refractivity contribution in [1.29, 1.82) is 0 Å². The van der Waals surface area contributed by atoms with Crippen molar-refractivity contribution in [3.63, 3.8) is 0 Å². The summed E-state index contributed by atoms with van der Waals surface area (Å²) < 4.78 is 4.99. The molecule has 20 heavy (non-hydrogen) atoms. The minimum atomic E-state index is -0.160. The first kappa shape index (κ1) is 16.9. The molecule has 0 bridgehead atoms. The molecular weight excluding hydrogens is 250 g/mol. The van der Waals surface area contributed by atoms with E-state index in [0.717, 1.165) is 18.5 Å². The Morgan fingerprint density at radius 2 is 1.85 bits per heavy atom. The van der Waals surface area contributed by atoms with Crippen molar-refractivity contribution in [3.8, 4) is 0 Å². The zero-order valence-corrected chi connectivity index (χ0v) is 13.3. The predicted molar refractivity (Wildman–Crippen MR) is 83.4 cm³/mol. The van der Waals surface area contributed by atoms with Gasteiger partial charge in [-0.2, -0.15) is 0 Å². The number of nitrogens with one attached hydrogen (secondary N) is 1. The van der Waals surface area contributed by atoms with Crippen molar-refractivity contribution >= 4 is 5.78 Å². The van der Waals surface area contributed by atoms with Crippen molar-refractivity contribution in [3.05, 3.63) is 35.4 Å². The molecule has 0 saturated carbocycles. The second-order valence-corrected chi connectivity index (χ2v) is 6.21. The number of carbonyl (C=O) groups excluding carboxylic acids is 1. The molecule has 0 aromatic heterocycles. The first-order chi connectivity index (χ1) is 9.36. The molecule has 1 rings (SSSR count). The highest BCUT2D eigenvalue weighted by Gasteiger charge is 2.17. The number of methoxy groups -OCH3 is 1. The zero-order chi connectivity index (χ0) is 15.2. The van der Waals surface area contributed by atoms with E-state index in [2.05, 4.69) is 26.1 Å². The lowest BCUT2D eigenvalue weighted by molar-refractivity contribution is 0.0949. The van der Waals surface area contributed by atoms with E-state index >= 15 is 0 Å². The average molecular weight is 277 g/mol. The molecule has 0 amide bonds. The lowest BCUT2D eigenvalue weighted by Crippen LogP contribution is -2.35. The van der Waals surface area contributed by atoms with Gasteiger partial charge in [-0.25, -0.2) is 0 Å². The first-order valence-corrected chi connectivity index (χ1v) is 7.23.